The zero-order valence-electron chi connectivity index (χ0n) is 26.1. The van der Waals surface area contributed by atoms with Crippen LogP contribution >= 0.6 is 11.6 Å². The van der Waals surface area contributed by atoms with Gasteiger partial charge in [0.25, 0.3) is 5.91 Å². The number of hydrogen-bond acceptors (Lipinski definition) is 6. The Morgan fingerprint density at radius 2 is 1.64 bits per heavy atom. The number of amides is 3. The van der Waals surface area contributed by atoms with Gasteiger partial charge >= 0.3 is 0 Å². The summed E-state index contributed by atoms with van der Waals surface area (Å²) in [5.41, 5.74) is -1.44. The highest BCUT2D eigenvalue weighted by Gasteiger charge is 2.75. The highest BCUT2D eigenvalue weighted by atomic mass is 35.5. The number of halogens is 1. The third-order valence-electron chi connectivity index (χ3n) is 9.94. The van der Waals surface area contributed by atoms with Crippen molar-refractivity contribution in [1.82, 2.24) is 4.90 Å². The second-order valence-electron chi connectivity index (χ2n) is 12.5. The number of rotatable bonds is 8. The van der Waals surface area contributed by atoms with Gasteiger partial charge in [0, 0.05) is 18.8 Å². The van der Waals surface area contributed by atoms with Crippen molar-refractivity contribution in [3.63, 3.8) is 0 Å². The Balaban J connectivity index is 1.48. The summed E-state index contributed by atoms with van der Waals surface area (Å²) in [5, 5.41) is 11.1. The van der Waals surface area contributed by atoms with Crippen molar-refractivity contribution in [1.29, 1.82) is 0 Å². The minimum atomic E-state index is -1.45. The third-order valence-corrected chi connectivity index (χ3v) is 10.3. The number of benzene rings is 2. The van der Waals surface area contributed by atoms with Crippen LogP contribution in [0.5, 0.6) is 5.75 Å². The maximum Gasteiger partial charge on any atom is 0.253 e. The van der Waals surface area contributed by atoms with E-state index < -0.39 is 35.1 Å². The van der Waals surface area contributed by atoms with Crippen molar-refractivity contribution in [2.45, 2.75) is 57.4 Å². The fraction of sp³-hybridized carbons (Fsp3) is 0.457. The Morgan fingerprint density at radius 1 is 0.956 bits per heavy atom. The zero-order chi connectivity index (χ0) is 32.1. The summed E-state index contributed by atoms with van der Waals surface area (Å²) < 4.78 is 12.6. The molecule has 4 heterocycles. The quantitative estimate of drug-likeness (QED) is 0.426. The van der Waals surface area contributed by atoms with Crippen molar-refractivity contribution in [3.8, 4) is 5.75 Å². The number of carbonyl (C=O) groups excluding carboxylic acids is 3. The van der Waals surface area contributed by atoms with Crippen LogP contribution in [-0.4, -0.2) is 77.3 Å². The Morgan fingerprint density at radius 3 is 2.31 bits per heavy atom. The number of likely N-dealkylation sites (tertiary alicyclic amines) is 1. The molecular weight excluding hydrogens is 594 g/mol. The molecule has 3 amide bonds. The molecule has 6 rings (SSSR count). The summed E-state index contributed by atoms with van der Waals surface area (Å²) >= 11 is 6.58. The van der Waals surface area contributed by atoms with Crippen LogP contribution in [0.1, 0.15) is 34.1 Å². The van der Waals surface area contributed by atoms with E-state index in [4.69, 9.17) is 21.1 Å². The first kappa shape index (κ1) is 31.3. The molecule has 0 radical (unpaired) electrons. The number of fused-ring (bicyclic) bond motifs is 2. The van der Waals surface area contributed by atoms with E-state index in [1.54, 1.807) is 34.1 Å². The van der Waals surface area contributed by atoms with Gasteiger partial charge in [-0.1, -0.05) is 68.3 Å². The Labute approximate surface area is 269 Å². The minimum Gasteiger partial charge on any atom is -0.494 e. The predicted molar refractivity (Wildman–Crippen MR) is 172 cm³/mol. The highest BCUT2D eigenvalue weighted by molar-refractivity contribution is 6.34. The molecule has 4 aliphatic rings. The molecule has 0 saturated carbocycles. The Bertz CT molecular complexity index is 1540. The second-order valence-corrected chi connectivity index (χ2v) is 12.9. The molecule has 2 fully saturated rings. The van der Waals surface area contributed by atoms with Crippen LogP contribution < -0.4 is 14.5 Å². The van der Waals surface area contributed by atoms with Crippen LogP contribution in [0.4, 0.5) is 11.4 Å². The molecule has 10 heteroatoms. The third kappa shape index (κ3) is 4.87. The maximum absolute atomic E-state index is 14.8. The number of ether oxygens (including phenoxy) is 2. The monoisotopic (exact) mass is 633 g/mol. The molecule has 9 nitrogen and oxygen atoms in total. The van der Waals surface area contributed by atoms with Gasteiger partial charge in [0.05, 0.1) is 47.4 Å². The van der Waals surface area contributed by atoms with Crippen molar-refractivity contribution in [2.75, 3.05) is 36.1 Å². The smallest absolute Gasteiger partial charge is 0.253 e. The molecule has 7 atom stereocenters. The van der Waals surface area contributed by atoms with Crippen LogP contribution in [-0.2, 0) is 19.1 Å². The van der Waals surface area contributed by atoms with E-state index in [0.717, 1.165) is 0 Å². The molecule has 0 aliphatic carbocycles. The number of nitrogens with zero attached hydrogens (tertiary/aromatic N) is 3. The molecule has 2 saturated heterocycles. The summed E-state index contributed by atoms with van der Waals surface area (Å²) in [4.78, 5) is 49.0. The normalized spacial score (nSPS) is 30.5. The van der Waals surface area contributed by atoms with E-state index >= 15 is 0 Å². The lowest BCUT2D eigenvalue weighted by Crippen LogP contribution is -2.60. The average Bonchev–Trinajstić information content (AvgIpc) is 3.30. The van der Waals surface area contributed by atoms with Crippen LogP contribution in [0.25, 0.3) is 0 Å². The zero-order valence-corrected chi connectivity index (χ0v) is 26.8. The molecule has 2 aromatic carbocycles. The van der Waals surface area contributed by atoms with Crippen molar-refractivity contribution in [2.24, 2.45) is 17.8 Å². The number of para-hydroxylation sites is 1. The molecule has 1 N–H and O–H groups in total. The van der Waals surface area contributed by atoms with E-state index in [0.29, 0.717) is 41.7 Å². The Kier molecular flexibility index (Phi) is 8.31. The first-order valence-electron chi connectivity index (χ1n) is 15.7. The van der Waals surface area contributed by atoms with Gasteiger partial charge in [-0.2, -0.15) is 0 Å². The topological polar surface area (TPSA) is 99.6 Å². The number of aliphatic hydroxyl groups is 1. The van der Waals surface area contributed by atoms with Gasteiger partial charge in [-0.25, -0.2) is 0 Å². The highest BCUT2D eigenvalue weighted by Crippen LogP contribution is 2.58. The molecule has 1 spiro atoms. The fourth-order valence-electron chi connectivity index (χ4n) is 7.64. The lowest BCUT2D eigenvalue weighted by molar-refractivity contribution is -0.149. The fourth-order valence-corrected chi connectivity index (χ4v) is 7.88. The SMILES string of the molecule is CCOc1ccc(N2CC=C[C@]3(C)O[C@]45C=CCN(c6ccccc6Cl)C(=O)C4N([C@@H](CO)[C@@H](C)CC)C(=O)[C@@H]5[C@@H]3C2=O)cc1. The lowest BCUT2D eigenvalue weighted by atomic mass is 9.74. The van der Waals surface area contributed by atoms with E-state index in [2.05, 4.69) is 0 Å². The number of anilines is 2. The molecule has 1 unspecified atom stereocenters. The second kappa shape index (κ2) is 11.9. The van der Waals surface area contributed by atoms with Crippen molar-refractivity contribution >= 4 is 40.7 Å². The van der Waals surface area contributed by atoms with Crippen LogP contribution in [0.3, 0.4) is 0 Å². The molecule has 4 aliphatic heterocycles. The van der Waals surface area contributed by atoms with Crippen molar-refractivity contribution in [3.05, 3.63) is 77.9 Å². The van der Waals surface area contributed by atoms with Gasteiger partial charge in [0.2, 0.25) is 11.8 Å². The minimum absolute atomic E-state index is 0.125. The summed E-state index contributed by atoms with van der Waals surface area (Å²) in [5.74, 6) is -2.37. The van der Waals surface area contributed by atoms with Gasteiger partial charge in [0.1, 0.15) is 17.4 Å². The molecule has 238 valence electrons. The standard InChI is InChI=1S/C35H40ClN3O6/c1-5-22(3)27(21-40)39-30-33(43)38(26-12-8-7-11-25(26)36)20-10-18-35(30)29(32(39)42)28-31(41)37(19-9-17-34(28,4)45-35)23-13-15-24(16-14-23)44-6-2/h7-18,22,27-30,40H,5-6,19-21H2,1-4H3/t22-,27-,28+,29-,30?,34-,35-/m0/s1. The van der Waals surface area contributed by atoms with E-state index in [1.807, 2.05) is 76.3 Å². The molecule has 0 aromatic heterocycles. The van der Waals surface area contributed by atoms with E-state index in [9.17, 15) is 19.5 Å². The number of hydrogen-bond donors (Lipinski definition) is 1. The summed E-state index contributed by atoms with van der Waals surface area (Å²) in [6.07, 6.45) is 8.06. The predicted octanol–water partition coefficient (Wildman–Crippen LogP) is 4.62. The summed E-state index contributed by atoms with van der Waals surface area (Å²) in [7, 11) is 0. The Hall–Kier alpha value is -3.66. The lowest BCUT2D eigenvalue weighted by Gasteiger charge is -2.41. The van der Waals surface area contributed by atoms with E-state index in [-0.39, 0.29) is 36.8 Å². The van der Waals surface area contributed by atoms with Gasteiger partial charge in [-0.3, -0.25) is 14.4 Å². The van der Waals surface area contributed by atoms with Crippen LogP contribution in [0.2, 0.25) is 5.02 Å². The number of carbonyl (C=O) groups is 3. The average molecular weight is 634 g/mol. The van der Waals surface area contributed by atoms with Gasteiger partial charge < -0.3 is 29.3 Å². The largest absolute Gasteiger partial charge is 0.494 e. The molecule has 2 aromatic rings. The molecule has 45 heavy (non-hydrogen) atoms. The van der Waals surface area contributed by atoms with E-state index in [1.165, 1.54) is 4.90 Å². The maximum atomic E-state index is 14.8. The van der Waals surface area contributed by atoms with Crippen LogP contribution in [0, 0.1) is 17.8 Å². The van der Waals surface area contributed by atoms with Crippen molar-refractivity contribution < 1.29 is 29.0 Å². The number of aliphatic hydroxyl groups excluding tert-OH is 1. The summed E-state index contributed by atoms with van der Waals surface area (Å²) in [6, 6.07) is 12.6. The van der Waals surface area contributed by atoms with Gasteiger partial charge in [-0.15, -0.1) is 0 Å². The molecule has 0 bridgehead atoms. The van der Waals surface area contributed by atoms with Gasteiger partial charge in [0.15, 0.2) is 0 Å². The van der Waals surface area contributed by atoms with Gasteiger partial charge in [-0.05, 0) is 56.2 Å². The first-order valence-corrected chi connectivity index (χ1v) is 16.1. The molecular formula is C35H40ClN3O6. The first-order chi connectivity index (χ1) is 21.6. The summed E-state index contributed by atoms with van der Waals surface area (Å²) in [6.45, 7) is 8.36. The van der Waals surface area contributed by atoms with Crippen LogP contribution in [0.15, 0.2) is 72.8 Å².